The average Bonchev–Trinajstić information content (AvgIpc) is 3.79. The first-order valence-corrected chi connectivity index (χ1v) is 22.6. The molecule has 12 rings (SSSR count). The number of furan rings is 1. The highest BCUT2D eigenvalue weighted by atomic mass is 16.3. The van der Waals surface area contributed by atoms with E-state index in [9.17, 15) is 0 Å². The molecular weight excluding hydrogens is 799 g/mol. The molecule has 1 aromatic heterocycles. The number of hydrogen-bond acceptors (Lipinski definition) is 2. The van der Waals surface area contributed by atoms with Gasteiger partial charge < -0.3 is 9.32 Å². The first kappa shape index (κ1) is 38.9. The minimum absolute atomic E-state index is 0.862. The van der Waals surface area contributed by atoms with Crippen molar-refractivity contribution in [2.45, 2.75) is 0 Å². The Balaban J connectivity index is 0.896. The molecule has 0 aliphatic rings. The van der Waals surface area contributed by atoms with E-state index in [0.717, 1.165) is 50.1 Å². The van der Waals surface area contributed by atoms with Crippen molar-refractivity contribution in [3.8, 4) is 66.8 Å². The van der Waals surface area contributed by atoms with Crippen molar-refractivity contribution < 1.29 is 4.42 Å². The zero-order chi connectivity index (χ0) is 43.8. The van der Waals surface area contributed by atoms with Gasteiger partial charge in [-0.3, -0.25) is 0 Å². The Labute approximate surface area is 384 Å². The fourth-order valence-electron chi connectivity index (χ4n) is 9.47. The lowest BCUT2D eigenvalue weighted by molar-refractivity contribution is 0.669. The number of nitrogens with zero attached hydrogens (tertiary/aromatic N) is 1. The quantitative estimate of drug-likeness (QED) is 0.144. The van der Waals surface area contributed by atoms with Crippen LogP contribution < -0.4 is 4.90 Å². The van der Waals surface area contributed by atoms with Gasteiger partial charge in [-0.05, 0) is 150 Å². The van der Waals surface area contributed by atoms with E-state index in [4.69, 9.17) is 4.42 Å². The topological polar surface area (TPSA) is 16.4 Å². The Bertz CT molecular complexity index is 3610. The molecule has 0 fully saturated rings. The van der Waals surface area contributed by atoms with Crippen molar-refractivity contribution in [2.75, 3.05) is 4.90 Å². The summed E-state index contributed by atoms with van der Waals surface area (Å²) in [6, 6.07) is 93.9. The highest BCUT2D eigenvalue weighted by Crippen LogP contribution is 2.44. The van der Waals surface area contributed by atoms with E-state index in [0.29, 0.717) is 0 Å². The number of benzene rings is 11. The molecule has 0 radical (unpaired) electrons. The molecule has 66 heavy (non-hydrogen) atoms. The summed E-state index contributed by atoms with van der Waals surface area (Å²) < 4.78 is 6.42. The SMILES string of the molecule is c1ccc(-c2cc(-c3ccccc3)cc(-c3ccc(N(c4ccc(-c5ccc(-c6cccc(-c7ccc8ccccc8c7)c6)cc5)cc4)c4cccc5oc6ccccc6c45)cc3)c2)cc1. The largest absolute Gasteiger partial charge is 0.456 e. The van der Waals surface area contributed by atoms with Gasteiger partial charge in [-0.2, -0.15) is 0 Å². The van der Waals surface area contributed by atoms with Crippen LogP contribution in [0.3, 0.4) is 0 Å². The molecule has 0 spiro atoms. The maximum Gasteiger partial charge on any atom is 0.137 e. The molecule has 11 aromatic carbocycles. The van der Waals surface area contributed by atoms with E-state index in [1.807, 2.05) is 12.1 Å². The van der Waals surface area contributed by atoms with Gasteiger partial charge in [0.2, 0.25) is 0 Å². The Morgan fingerprint density at radius 2 is 0.636 bits per heavy atom. The van der Waals surface area contributed by atoms with Gasteiger partial charge in [0.25, 0.3) is 0 Å². The van der Waals surface area contributed by atoms with Crippen molar-refractivity contribution in [2.24, 2.45) is 0 Å². The smallest absolute Gasteiger partial charge is 0.137 e. The van der Waals surface area contributed by atoms with E-state index >= 15 is 0 Å². The second kappa shape index (κ2) is 16.8. The predicted molar refractivity (Wildman–Crippen MR) is 279 cm³/mol. The van der Waals surface area contributed by atoms with Crippen LogP contribution in [0.5, 0.6) is 0 Å². The van der Waals surface area contributed by atoms with Gasteiger partial charge in [-0.25, -0.2) is 0 Å². The molecule has 1 heterocycles. The van der Waals surface area contributed by atoms with Crippen molar-refractivity contribution >= 4 is 49.8 Å². The van der Waals surface area contributed by atoms with Gasteiger partial charge in [-0.1, -0.05) is 188 Å². The van der Waals surface area contributed by atoms with E-state index in [1.165, 1.54) is 66.4 Å². The lowest BCUT2D eigenvalue weighted by atomic mass is 9.93. The van der Waals surface area contributed by atoms with Gasteiger partial charge in [0, 0.05) is 16.8 Å². The van der Waals surface area contributed by atoms with Crippen molar-refractivity contribution in [1.82, 2.24) is 0 Å². The average molecular weight is 842 g/mol. The Hall–Kier alpha value is -8.72. The molecule has 0 aliphatic heterocycles. The lowest BCUT2D eigenvalue weighted by Crippen LogP contribution is -2.10. The number of para-hydroxylation sites is 1. The maximum absolute atomic E-state index is 6.42. The van der Waals surface area contributed by atoms with Crippen LogP contribution in [-0.2, 0) is 0 Å². The Kier molecular flexibility index (Phi) is 9.89. The molecule has 0 unspecified atom stereocenters. The third-order valence-corrected chi connectivity index (χ3v) is 12.8. The van der Waals surface area contributed by atoms with Gasteiger partial charge in [-0.15, -0.1) is 0 Å². The second-order valence-electron chi connectivity index (χ2n) is 16.9. The van der Waals surface area contributed by atoms with Crippen LogP contribution in [0.1, 0.15) is 0 Å². The molecule has 310 valence electrons. The molecule has 0 saturated carbocycles. The fraction of sp³-hybridized carbons (Fsp3) is 0. The summed E-state index contributed by atoms with van der Waals surface area (Å²) in [5, 5.41) is 4.69. The first-order valence-electron chi connectivity index (χ1n) is 22.6. The van der Waals surface area contributed by atoms with Gasteiger partial charge >= 0.3 is 0 Å². The minimum Gasteiger partial charge on any atom is -0.456 e. The van der Waals surface area contributed by atoms with Crippen LogP contribution in [0, 0.1) is 0 Å². The third-order valence-electron chi connectivity index (χ3n) is 12.8. The molecule has 0 bridgehead atoms. The zero-order valence-corrected chi connectivity index (χ0v) is 36.2. The first-order chi connectivity index (χ1) is 32.7. The van der Waals surface area contributed by atoms with Gasteiger partial charge in [0.15, 0.2) is 0 Å². The van der Waals surface area contributed by atoms with Crippen molar-refractivity contribution in [3.63, 3.8) is 0 Å². The van der Waals surface area contributed by atoms with Crippen LogP contribution in [0.2, 0.25) is 0 Å². The molecule has 0 N–H and O–H groups in total. The maximum atomic E-state index is 6.42. The lowest BCUT2D eigenvalue weighted by Gasteiger charge is -2.26. The van der Waals surface area contributed by atoms with E-state index in [1.54, 1.807) is 0 Å². The van der Waals surface area contributed by atoms with Gasteiger partial charge in [0.05, 0.1) is 11.1 Å². The molecule has 0 saturated heterocycles. The van der Waals surface area contributed by atoms with E-state index in [-0.39, 0.29) is 0 Å². The van der Waals surface area contributed by atoms with Crippen molar-refractivity contribution in [3.05, 3.63) is 261 Å². The van der Waals surface area contributed by atoms with Crippen LogP contribution in [0.15, 0.2) is 265 Å². The van der Waals surface area contributed by atoms with Crippen LogP contribution in [0.25, 0.3) is 99.5 Å². The number of fused-ring (bicyclic) bond motifs is 4. The Morgan fingerprint density at radius 1 is 0.242 bits per heavy atom. The zero-order valence-electron chi connectivity index (χ0n) is 36.2. The second-order valence-corrected chi connectivity index (χ2v) is 16.9. The monoisotopic (exact) mass is 841 g/mol. The van der Waals surface area contributed by atoms with E-state index < -0.39 is 0 Å². The molecule has 0 amide bonds. The van der Waals surface area contributed by atoms with E-state index in [2.05, 4.69) is 254 Å². The fourth-order valence-corrected chi connectivity index (χ4v) is 9.47. The standard InChI is InChI=1S/C64H43NO/c1-3-13-44(14-4-1)55-41-56(45-15-5-2-6-16-45)43-57(42-55)50-33-37-59(38-34-50)65(61-22-12-24-63-64(61)60-21-9-10-23-62(60)66-63)58-35-31-48(32-36-58)47-25-27-49(28-26-47)52-19-11-20-53(39-52)54-30-29-46-17-7-8-18-51(46)40-54/h1-43H. The Morgan fingerprint density at radius 3 is 1.26 bits per heavy atom. The number of hydrogen-bond donors (Lipinski definition) is 0. The summed E-state index contributed by atoms with van der Waals surface area (Å²) in [4.78, 5) is 2.36. The summed E-state index contributed by atoms with van der Waals surface area (Å²) in [5.74, 6) is 0. The van der Waals surface area contributed by atoms with Gasteiger partial charge in [0.1, 0.15) is 11.2 Å². The minimum atomic E-state index is 0.862. The summed E-state index contributed by atoms with van der Waals surface area (Å²) >= 11 is 0. The normalized spacial score (nSPS) is 11.3. The summed E-state index contributed by atoms with van der Waals surface area (Å²) in [7, 11) is 0. The molecule has 2 nitrogen and oxygen atoms in total. The summed E-state index contributed by atoms with van der Waals surface area (Å²) in [5.41, 5.74) is 19.2. The van der Waals surface area contributed by atoms with Crippen molar-refractivity contribution in [1.29, 1.82) is 0 Å². The predicted octanol–water partition coefficient (Wildman–Crippen LogP) is 18.2. The molecule has 0 atom stereocenters. The highest BCUT2D eigenvalue weighted by Gasteiger charge is 2.20. The van der Waals surface area contributed by atoms with Crippen LogP contribution >= 0.6 is 0 Å². The number of anilines is 3. The van der Waals surface area contributed by atoms with Crippen LogP contribution in [-0.4, -0.2) is 0 Å². The third kappa shape index (κ3) is 7.41. The highest BCUT2D eigenvalue weighted by molar-refractivity contribution is 6.13. The molecule has 12 aromatic rings. The summed E-state index contributed by atoms with van der Waals surface area (Å²) in [6.45, 7) is 0. The summed E-state index contributed by atoms with van der Waals surface area (Å²) in [6.07, 6.45) is 0. The molecule has 2 heteroatoms. The molecular formula is C64H43NO. The molecule has 0 aliphatic carbocycles. The number of rotatable bonds is 9. The van der Waals surface area contributed by atoms with Crippen LogP contribution in [0.4, 0.5) is 17.1 Å².